The second-order valence-electron chi connectivity index (χ2n) is 2.54. The third kappa shape index (κ3) is 1.14. The van der Waals surface area contributed by atoms with Crippen LogP contribution in [0.1, 0.15) is 13.3 Å². The van der Waals surface area contributed by atoms with Crippen LogP contribution in [-0.2, 0) is 0 Å². The van der Waals surface area contributed by atoms with Crippen molar-refractivity contribution in [3.05, 3.63) is 11.6 Å². The van der Waals surface area contributed by atoms with Crippen molar-refractivity contribution in [3.8, 4) is 0 Å². The van der Waals surface area contributed by atoms with E-state index in [0.717, 1.165) is 5.57 Å². The van der Waals surface area contributed by atoms with Crippen molar-refractivity contribution in [1.82, 2.24) is 0 Å². The molecule has 0 aromatic heterocycles. The molecule has 2 N–H and O–H groups in total. The molecule has 0 amide bonds. The molecule has 2 nitrogen and oxygen atoms in total. The summed E-state index contributed by atoms with van der Waals surface area (Å²) in [5.41, 5.74) is 1.12. The molecule has 9 heavy (non-hydrogen) atoms. The standard InChI is InChI=1S/C7H12O2/c1-5-2-3-7(9)6(5)4-8/h2,6-9H,3-4H2,1H3. The average molecular weight is 128 g/mol. The SMILES string of the molecule is CC1=CCC(O)C1CO. The molecule has 0 heterocycles. The highest BCUT2D eigenvalue weighted by atomic mass is 16.3. The van der Waals surface area contributed by atoms with Gasteiger partial charge in [-0.15, -0.1) is 0 Å². The van der Waals surface area contributed by atoms with Gasteiger partial charge in [-0.05, 0) is 13.3 Å². The van der Waals surface area contributed by atoms with Gasteiger partial charge in [0.1, 0.15) is 0 Å². The maximum absolute atomic E-state index is 9.15. The van der Waals surface area contributed by atoms with Crippen LogP contribution in [-0.4, -0.2) is 22.9 Å². The summed E-state index contributed by atoms with van der Waals surface area (Å²) < 4.78 is 0. The van der Waals surface area contributed by atoms with E-state index in [4.69, 9.17) is 10.2 Å². The van der Waals surface area contributed by atoms with Crippen molar-refractivity contribution in [2.75, 3.05) is 6.61 Å². The zero-order valence-electron chi connectivity index (χ0n) is 5.54. The van der Waals surface area contributed by atoms with Crippen LogP contribution in [0.25, 0.3) is 0 Å². The predicted octanol–water partition coefficient (Wildman–Crippen LogP) is 0.306. The molecule has 2 unspecified atom stereocenters. The van der Waals surface area contributed by atoms with E-state index in [1.807, 2.05) is 13.0 Å². The lowest BCUT2D eigenvalue weighted by Gasteiger charge is -2.12. The van der Waals surface area contributed by atoms with Crippen LogP contribution in [0.4, 0.5) is 0 Å². The van der Waals surface area contributed by atoms with Crippen LogP contribution in [0.5, 0.6) is 0 Å². The minimum absolute atomic E-state index is 0.00463. The quantitative estimate of drug-likeness (QED) is 0.499. The summed E-state index contributed by atoms with van der Waals surface area (Å²) in [6.45, 7) is 2.01. The van der Waals surface area contributed by atoms with E-state index < -0.39 is 0 Å². The molecule has 2 heteroatoms. The van der Waals surface area contributed by atoms with Gasteiger partial charge in [-0.25, -0.2) is 0 Å². The van der Waals surface area contributed by atoms with Gasteiger partial charge in [0, 0.05) is 5.92 Å². The predicted molar refractivity (Wildman–Crippen MR) is 35.0 cm³/mol. The number of aliphatic hydroxyl groups excluding tert-OH is 2. The van der Waals surface area contributed by atoms with E-state index >= 15 is 0 Å². The normalized spacial score (nSPS) is 34.8. The van der Waals surface area contributed by atoms with Gasteiger partial charge in [0.15, 0.2) is 0 Å². The highest BCUT2D eigenvalue weighted by Gasteiger charge is 2.23. The minimum atomic E-state index is -0.338. The largest absolute Gasteiger partial charge is 0.396 e. The van der Waals surface area contributed by atoms with Gasteiger partial charge in [-0.3, -0.25) is 0 Å². The molecular formula is C7H12O2. The number of hydrogen-bond donors (Lipinski definition) is 2. The summed E-state index contributed by atoms with van der Waals surface area (Å²) >= 11 is 0. The summed E-state index contributed by atoms with van der Waals surface area (Å²) in [7, 11) is 0. The molecule has 0 fully saturated rings. The molecule has 1 rings (SSSR count). The second kappa shape index (κ2) is 2.50. The molecule has 0 bridgehead atoms. The molecule has 0 saturated heterocycles. The first-order valence-electron chi connectivity index (χ1n) is 3.21. The van der Waals surface area contributed by atoms with Crippen molar-refractivity contribution in [1.29, 1.82) is 0 Å². The van der Waals surface area contributed by atoms with Crippen LogP contribution in [0, 0.1) is 5.92 Å². The molecule has 0 spiro atoms. The van der Waals surface area contributed by atoms with Gasteiger partial charge in [0.05, 0.1) is 12.7 Å². The Balaban J connectivity index is 2.57. The van der Waals surface area contributed by atoms with Crippen molar-refractivity contribution >= 4 is 0 Å². The van der Waals surface area contributed by atoms with Gasteiger partial charge in [-0.1, -0.05) is 11.6 Å². The van der Waals surface area contributed by atoms with Gasteiger partial charge >= 0.3 is 0 Å². The van der Waals surface area contributed by atoms with Gasteiger partial charge in [0.2, 0.25) is 0 Å². The molecule has 0 saturated carbocycles. The molecule has 1 aliphatic carbocycles. The lowest BCUT2D eigenvalue weighted by Crippen LogP contribution is -2.19. The van der Waals surface area contributed by atoms with Crippen molar-refractivity contribution in [2.24, 2.45) is 5.92 Å². The Morgan fingerprint density at radius 1 is 1.78 bits per heavy atom. The number of aliphatic hydroxyl groups is 2. The highest BCUT2D eigenvalue weighted by molar-refractivity contribution is 5.13. The van der Waals surface area contributed by atoms with Crippen LogP contribution in [0.15, 0.2) is 11.6 Å². The van der Waals surface area contributed by atoms with E-state index in [2.05, 4.69) is 0 Å². The zero-order valence-corrected chi connectivity index (χ0v) is 5.54. The summed E-state index contributed by atoms with van der Waals surface area (Å²) in [6, 6.07) is 0. The first kappa shape index (κ1) is 6.78. The summed E-state index contributed by atoms with van der Waals surface area (Å²) in [4.78, 5) is 0. The van der Waals surface area contributed by atoms with E-state index in [9.17, 15) is 0 Å². The summed E-state index contributed by atoms with van der Waals surface area (Å²) in [5.74, 6) is 0.00463. The molecule has 0 aromatic rings. The highest BCUT2D eigenvalue weighted by Crippen LogP contribution is 2.24. The maximum atomic E-state index is 9.15. The molecule has 52 valence electrons. The Bertz CT molecular complexity index is 129. The van der Waals surface area contributed by atoms with Crippen LogP contribution < -0.4 is 0 Å². The monoisotopic (exact) mass is 128 g/mol. The topological polar surface area (TPSA) is 40.5 Å². The Hall–Kier alpha value is -0.340. The molecule has 0 aliphatic heterocycles. The summed E-state index contributed by atoms with van der Waals surface area (Å²) in [6.07, 6.45) is 2.35. The lowest BCUT2D eigenvalue weighted by atomic mass is 10.0. The third-order valence-corrected chi connectivity index (χ3v) is 1.93. The molecular weight excluding hydrogens is 116 g/mol. The first-order valence-corrected chi connectivity index (χ1v) is 3.21. The van der Waals surface area contributed by atoms with Crippen molar-refractivity contribution in [3.63, 3.8) is 0 Å². The molecule has 0 radical (unpaired) electrons. The fraction of sp³-hybridized carbons (Fsp3) is 0.714. The summed E-state index contributed by atoms with van der Waals surface area (Å²) in [5, 5.41) is 17.9. The van der Waals surface area contributed by atoms with Gasteiger partial charge < -0.3 is 10.2 Å². The Labute approximate surface area is 54.8 Å². The van der Waals surface area contributed by atoms with E-state index in [0.29, 0.717) is 6.42 Å². The van der Waals surface area contributed by atoms with Crippen molar-refractivity contribution < 1.29 is 10.2 Å². The fourth-order valence-corrected chi connectivity index (χ4v) is 1.19. The lowest BCUT2D eigenvalue weighted by molar-refractivity contribution is 0.0993. The third-order valence-electron chi connectivity index (χ3n) is 1.93. The van der Waals surface area contributed by atoms with Gasteiger partial charge in [-0.2, -0.15) is 0 Å². The van der Waals surface area contributed by atoms with E-state index in [1.165, 1.54) is 0 Å². The van der Waals surface area contributed by atoms with Crippen LogP contribution >= 0.6 is 0 Å². The first-order chi connectivity index (χ1) is 4.25. The Morgan fingerprint density at radius 2 is 2.44 bits per heavy atom. The Kier molecular flexibility index (Phi) is 1.88. The maximum Gasteiger partial charge on any atom is 0.0661 e. The smallest absolute Gasteiger partial charge is 0.0661 e. The number of rotatable bonds is 1. The Morgan fingerprint density at radius 3 is 2.67 bits per heavy atom. The van der Waals surface area contributed by atoms with Gasteiger partial charge in [0.25, 0.3) is 0 Å². The average Bonchev–Trinajstić information content (AvgIpc) is 2.12. The van der Waals surface area contributed by atoms with E-state index in [1.54, 1.807) is 0 Å². The second-order valence-corrected chi connectivity index (χ2v) is 2.54. The molecule has 2 atom stereocenters. The molecule has 1 aliphatic rings. The number of hydrogen-bond acceptors (Lipinski definition) is 2. The zero-order chi connectivity index (χ0) is 6.85. The van der Waals surface area contributed by atoms with Crippen molar-refractivity contribution in [2.45, 2.75) is 19.4 Å². The van der Waals surface area contributed by atoms with Crippen LogP contribution in [0.2, 0.25) is 0 Å². The fourth-order valence-electron chi connectivity index (χ4n) is 1.19. The van der Waals surface area contributed by atoms with E-state index in [-0.39, 0.29) is 18.6 Å². The van der Waals surface area contributed by atoms with Crippen LogP contribution in [0.3, 0.4) is 0 Å². The molecule has 0 aromatic carbocycles. The minimum Gasteiger partial charge on any atom is -0.396 e.